The van der Waals surface area contributed by atoms with E-state index in [0.29, 0.717) is 12.0 Å². The lowest BCUT2D eigenvalue weighted by Gasteiger charge is -2.34. The first-order valence-corrected chi connectivity index (χ1v) is 7.26. The molecule has 0 aliphatic carbocycles. The number of benzene rings is 1. The molecule has 0 spiro atoms. The average molecular weight is 267 g/mol. The largest absolute Gasteiger partial charge is 0.382 e. The topological polar surface area (TPSA) is 24.1 Å². The highest BCUT2D eigenvalue weighted by Gasteiger charge is 2.25. The molecule has 3 heteroatoms. The molecule has 0 radical (unpaired) electrons. The van der Waals surface area contributed by atoms with Crippen molar-refractivity contribution in [2.75, 3.05) is 18.4 Å². The summed E-state index contributed by atoms with van der Waals surface area (Å²) >= 11 is 6.03. The molecule has 0 saturated carbocycles. The van der Waals surface area contributed by atoms with Crippen molar-refractivity contribution in [3.8, 4) is 0 Å². The highest BCUT2D eigenvalue weighted by atomic mass is 35.5. The van der Waals surface area contributed by atoms with Crippen LogP contribution in [-0.2, 0) is 0 Å². The first-order valence-electron chi connectivity index (χ1n) is 6.88. The smallest absolute Gasteiger partial charge is 0.0426 e. The molecule has 2 nitrogen and oxygen atoms in total. The molecule has 2 rings (SSSR count). The fourth-order valence-corrected chi connectivity index (χ4v) is 2.95. The van der Waals surface area contributed by atoms with Crippen molar-refractivity contribution < 1.29 is 0 Å². The fourth-order valence-electron chi connectivity index (χ4n) is 2.76. The van der Waals surface area contributed by atoms with E-state index in [4.69, 9.17) is 11.6 Å². The van der Waals surface area contributed by atoms with Gasteiger partial charge in [0.2, 0.25) is 0 Å². The highest BCUT2D eigenvalue weighted by Crippen LogP contribution is 2.24. The molecular weight excluding hydrogens is 244 g/mol. The SMILES string of the molecule is CC(C)C[C@@H]1CNCC[C@@H]1Nc1cccc(Cl)c1. The maximum absolute atomic E-state index is 6.03. The zero-order chi connectivity index (χ0) is 13.0. The average Bonchev–Trinajstić information content (AvgIpc) is 2.31. The van der Waals surface area contributed by atoms with E-state index in [1.165, 1.54) is 12.8 Å². The monoisotopic (exact) mass is 266 g/mol. The van der Waals surface area contributed by atoms with Gasteiger partial charge < -0.3 is 10.6 Å². The Hall–Kier alpha value is -0.730. The maximum atomic E-state index is 6.03. The van der Waals surface area contributed by atoms with Gasteiger partial charge in [0, 0.05) is 16.8 Å². The van der Waals surface area contributed by atoms with Gasteiger partial charge in [-0.25, -0.2) is 0 Å². The molecule has 100 valence electrons. The second kappa shape index (κ2) is 6.44. The lowest BCUT2D eigenvalue weighted by atomic mass is 9.86. The Morgan fingerprint density at radius 3 is 3.00 bits per heavy atom. The Kier molecular flexibility index (Phi) is 4.90. The molecule has 1 heterocycles. The van der Waals surface area contributed by atoms with Crippen molar-refractivity contribution in [2.24, 2.45) is 11.8 Å². The predicted molar refractivity (Wildman–Crippen MR) is 79.3 cm³/mol. The van der Waals surface area contributed by atoms with Crippen LogP contribution >= 0.6 is 11.6 Å². The van der Waals surface area contributed by atoms with E-state index in [1.54, 1.807) is 0 Å². The van der Waals surface area contributed by atoms with Gasteiger partial charge in [0.25, 0.3) is 0 Å². The summed E-state index contributed by atoms with van der Waals surface area (Å²) in [5.41, 5.74) is 1.14. The van der Waals surface area contributed by atoms with Gasteiger partial charge in [-0.15, -0.1) is 0 Å². The maximum Gasteiger partial charge on any atom is 0.0426 e. The van der Waals surface area contributed by atoms with E-state index < -0.39 is 0 Å². The number of nitrogens with one attached hydrogen (secondary N) is 2. The molecule has 1 saturated heterocycles. The first-order chi connectivity index (χ1) is 8.65. The predicted octanol–water partition coefficient (Wildman–Crippen LogP) is 3.78. The lowest BCUT2D eigenvalue weighted by molar-refractivity contribution is 0.295. The zero-order valence-corrected chi connectivity index (χ0v) is 12.0. The Morgan fingerprint density at radius 2 is 2.28 bits per heavy atom. The van der Waals surface area contributed by atoms with Crippen LogP contribution in [0.15, 0.2) is 24.3 Å². The van der Waals surface area contributed by atoms with E-state index in [1.807, 2.05) is 18.2 Å². The molecule has 1 aromatic rings. The number of anilines is 1. The van der Waals surface area contributed by atoms with Crippen LogP contribution in [0.2, 0.25) is 5.02 Å². The Bertz CT molecular complexity index is 379. The molecule has 0 amide bonds. The first kappa shape index (κ1) is 13.7. The molecule has 1 aliphatic rings. The van der Waals surface area contributed by atoms with Gasteiger partial charge in [-0.3, -0.25) is 0 Å². The van der Waals surface area contributed by atoms with Crippen molar-refractivity contribution in [1.29, 1.82) is 0 Å². The summed E-state index contributed by atoms with van der Waals surface area (Å²) < 4.78 is 0. The summed E-state index contributed by atoms with van der Waals surface area (Å²) in [5, 5.41) is 7.95. The third kappa shape index (κ3) is 3.89. The van der Waals surface area contributed by atoms with Crippen LogP contribution in [0, 0.1) is 11.8 Å². The minimum Gasteiger partial charge on any atom is -0.382 e. The van der Waals surface area contributed by atoms with E-state index in [2.05, 4.69) is 30.5 Å². The minimum absolute atomic E-state index is 0.562. The Balaban J connectivity index is 2.00. The normalized spacial score (nSPS) is 24.2. The van der Waals surface area contributed by atoms with Crippen LogP contribution < -0.4 is 10.6 Å². The van der Waals surface area contributed by atoms with Gasteiger partial charge in [-0.05, 0) is 56.0 Å². The van der Waals surface area contributed by atoms with Crippen molar-refractivity contribution in [2.45, 2.75) is 32.7 Å². The molecular formula is C15H23ClN2. The lowest BCUT2D eigenvalue weighted by Crippen LogP contribution is -2.44. The summed E-state index contributed by atoms with van der Waals surface area (Å²) in [6.07, 6.45) is 2.45. The molecule has 0 unspecified atom stereocenters. The van der Waals surface area contributed by atoms with E-state index >= 15 is 0 Å². The fraction of sp³-hybridized carbons (Fsp3) is 0.600. The standard InChI is InChI=1S/C15H23ClN2/c1-11(2)8-12-10-17-7-6-15(12)18-14-5-3-4-13(16)9-14/h3-5,9,11-12,15,17-18H,6-8,10H2,1-2H3/t12-,15+/m1/s1. The Morgan fingerprint density at radius 1 is 1.44 bits per heavy atom. The number of rotatable bonds is 4. The van der Waals surface area contributed by atoms with Crippen molar-refractivity contribution in [3.63, 3.8) is 0 Å². The number of hydrogen-bond acceptors (Lipinski definition) is 2. The molecule has 0 bridgehead atoms. The van der Waals surface area contributed by atoms with E-state index in [0.717, 1.165) is 29.7 Å². The van der Waals surface area contributed by atoms with Crippen molar-refractivity contribution >= 4 is 17.3 Å². The summed E-state index contributed by atoms with van der Waals surface area (Å²) in [6.45, 7) is 6.82. The molecule has 1 aromatic carbocycles. The van der Waals surface area contributed by atoms with E-state index in [-0.39, 0.29) is 0 Å². The van der Waals surface area contributed by atoms with Crippen LogP contribution in [0.25, 0.3) is 0 Å². The van der Waals surface area contributed by atoms with E-state index in [9.17, 15) is 0 Å². The number of piperidine rings is 1. The van der Waals surface area contributed by atoms with Gasteiger partial charge in [0.1, 0.15) is 0 Å². The summed E-state index contributed by atoms with van der Waals surface area (Å²) in [4.78, 5) is 0. The van der Waals surface area contributed by atoms with Gasteiger partial charge in [-0.2, -0.15) is 0 Å². The van der Waals surface area contributed by atoms with Crippen LogP contribution in [0.4, 0.5) is 5.69 Å². The molecule has 1 aliphatic heterocycles. The third-order valence-electron chi connectivity index (χ3n) is 3.56. The Labute approximate surface area is 115 Å². The van der Waals surface area contributed by atoms with Gasteiger partial charge in [0.15, 0.2) is 0 Å². The van der Waals surface area contributed by atoms with Crippen molar-refractivity contribution in [3.05, 3.63) is 29.3 Å². The molecule has 1 fully saturated rings. The number of hydrogen-bond donors (Lipinski definition) is 2. The second-order valence-corrected chi connectivity index (χ2v) is 6.08. The zero-order valence-electron chi connectivity index (χ0n) is 11.2. The summed E-state index contributed by atoms with van der Waals surface area (Å²) in [6, 6.07) is 8.59. The quantitative estimate of drug-likeness (QED) is 0.867. The second-order valence-electron chi connectivity index (χ2n) is 5.64. The van der Waals surface area contributed by atoms with Crippen LogP contribution in [0.1, 0.15) is 26.7 Å². The summed E-state index contributed by atoms with van der Waals surface area (Å²) in [5.74, 6) is 1.45. The molecule has 2 N–H and O–H groups in total. The van der Waals surface area contributed by atoms with Gasteiger partial charge >= 0.3 is 0 Å². The molecule has 2 atom stereocenters. The van der Waals surface area contributed by atoms with Crippen LogP contribution in [0.3, 0.4) is 0 Å². The number of halogens is 1. The highest BCUT2D eigenvalue weighted by molar-refractivity contribution is 6.30. The van der Waals surface area contributed by atoms with Crippen molar-refractivity contribution in [1.82, 2.24) is 5.32 Å². The van der Waals surface area contributed by atoms with Crippen LogP contribution in [-0.4, -0.2) is 19.1 Å². The van der Waals surface area contributed by atoms with Crippen LogP contribution in [0.5, 0.6) is 0 Å². The van der Waals surface area contributed by atoms with Gasteiger partial charge in [-0.1, -0.05) is 31.5 Å². The minimum atomic E-state index is 0.562. The summed E-state index contributed by atoms with van der Waals surface area (Å²) in [7, 11) is 0. The van der Waals surface area contributed by atoms with Gasteiger partial charge in [0.05, 0.1) is 0 Å². The molecule has 18 heavy (non-hydrogen) atoms. The third-order valence-corrected chi connectivity index (χ3v) is 3.79. The molecule has 0 aromatic heterocycles.